The monoisotopic (exact) mass is 425 g/mol. The Hall–Kier alpha value is -4.06. The Balaban J connectivity index is 1.51. The summed E-state index contributed by atoms with van der Waals surface area (Å²) in [5, 5.41) is 0. The van der Waals surface area contributed by atoms with Crippen LogP contribution in [0.15, 0.2) is 66.7 Å². The van der Waals surface area contributed by atoms with E-state index in [0.717, 1.165) is 35.7 Å². The Labute approximate surface area is 186 Å². The van der Waals surface area contributed by atoms with Crippen molar-refractivity contribution in [2.75, 3.05) is 36.2 Å². The summed E-state index contributed by atoms with van der Waals surface area (Å²) in [6.45, 7) is 0.866. The fourth-order valence-electron chi connectivity index (χ4n) is 4.34. The summed E-state index contributed by atoms with van der Waals surface area (Å²) < 4.78 is 4.98. The van der Waals surface area contributed by atoms with Crippen molar-refractivity contribution in [1.29, 1.82) is 0 Å². The van der Waals surface area contributed by atoms with Crippen molar-refractivity contribution in [1.82, 2.24) is 0 Å². The van der Waals surface area contributed by atoms with Crippen LogP contribution in [0.3, 0.4) is 0 Å². The van der Waals surface area contributed by atoms with Gasteiger partial charge < -0.3 is 20.3 Å². The number of nitrogens with two attached hydrogens (primary N) is 1. The lowest BCUT2D eigenvalue weighted by Crippen LogP contribution is -2.13. The van der Waals surface area contributed by atoms with E-state index in [9.17, 15) is 9.59 Å². The van der Waals surface area contributed by atoms with Crippen molar-refractivity contribution >= 4 is 45.8 Å². The first-order chi connectivity index (χ1) is 15.4. The SMILES string of the molecule is CN(C)c1ccc(C2=C(c3ccc(N4CCc5cc(N)ccc54)cc3)C(=O)OC2=O)cc1. The van der Waals surface area contributed by atoms with Gasteiger partial charge in [0.25, 0.3) is 0 Å². The molecule has 0 bridgehead atoms. The van der Waals surface area contributed by atoms with Gasteiger partial charge in [0.15, 0.2) is 0 Å². The van der Waals surface area contributed by atoms with Gasteiger partial charge in [0.05, 0.1) is 11.1 Å². The largest absolute Gasteiger partial charge is 0.399 e. The number of nitrogen functional groups attached to an aromatic ring is 1. The highest BCUT2D eigenvalue weighted by molar-refractivity contribution is 6.44. The molecule has 2 N–H and O–H groups in total. The molecule has 0 atom stereocenters. The van der Waals surface area contributed by atoms with Crippen molar-refractivity contribution in [2.24, 2.45) is 0 Å². The smallest absolute Gasteiger partial charge is 0.347 e. The molecule has 5 rings (SSSR count). The highest BCUT2D eigenvalue weighted by Gasteiger charge is 2.35. The number of hydrogen-bond donors (Lipinski definition) is 1. The topological polar surface area (TPSA) is 75.9 Å². The van der Waals surface area contributed by atoms with Gasteiger partial charge in [0, 0.05) is 43.4 Å². The minimum absolute atomic E-state index is 0.300. The van der Waals surface area contributed by atoms with E-state index in [1.807, 2.05) is 85.7 Å². The van der Waals surface area contributed by atoms with Gasteiger partial charge in [0.2, 0.25) is 0 Å². The molecule has 0 saturated carbocycles. The third-order valence-electron chi connectivity index (χ3n) is 5.98. The first-order valence-electron chi connectivity index (χ1n) is 10.5. The number of anilines is 4. The number of carbonyl (C=O) groups excluding carboxylic acids is 2. The fourth-order valence-corrected chi connectivity index (χ4v) is 4.34. The van der Waals surface area contributed by atoms with E-state index in [2.05, 4.69) is 4.90 Å². The molecule has 3 aromatic rings. The number of benzene rings is 3. The number of carbonyl (C=O) groups is 2. The second kappa shape index (κ2) is 7.57. The highest BCUT2D eigenvalue weighted by atomic mass is 16.6. The molecule has 0 amide bonds. The van der Waals surface area contributed by atoms with Crippen molar-refractivity contribution in [3.63, 3.8) is 0 Å². The Morgan fingerprint density at radius 3 is 2.03 bits per heavy atom. The van der Waals surface area contributed by atoms with E-state index in [4.69, 9.17) is 10.5 Å². The normalized spacial score (nSPS) is 15.2. The second-order valence-corrected chi connectivity index (χ2v) is 8.20. The molecular formula is C26H23N3O3. The molecule has 0 radical (unpaired) electrons. The van der Waals surface area contributed by atoms with Gasteiger partial charge in [-0.2, -0.15) is 0 Å². The van der Waals surface area contributed by atoms with Gasteiger partial charge >= 0.3 is 11.9 Å². The Bertz CT molecular complexity index is 1260. The van der Waals surface area contributed by atoms with Crippen LogP contribution < -0.4 is 15.5 Å². The molecule has 2 aliphatic rings. The molecule has 2 aliphatic heterocycles. The van der Waals surface area contributed by atoms with E-state index in [1.54, 1.807) is 0 Å². The van der Waals surface area contributed by atoms with Crippen LogP contribution in [0.25, 0.3) is 11.1 Å². The maximum atomic E-state index is 12.5. The first-order valence-corrected chi connectivity index (χ1v) is 10.5. The molecule has 0 unspecified atom stereocenters. The number of rotatable bonds is 4. The van der Waals surface area contributed by atoms with Crippen molar-refractivity contribution in [3.8, 4) is 0 Å². The predicted octanol–water partition coefficient (Wildman–Crippen LogP) is 4.02. The van der Waals surface area contributed by atoms with Crippen LogP contribution in [-0.2, 0) is 20.7 Å². The third-order valence-corrected chi connectivity index (χ3v) is 5.98. The summed E-state index contributed by atoms with van der Waals surface area (Å²) in [7, 11) is 3.89. The van der Waals surface area contributed by atoms with Crippen LogP contribution in [0.2, 0.25) is 0 Å². The number of cyclic esters (lactones) is 2. The van der Waals surface area contributed by atoms with Gasteiger partial charge in [-0.15, -0.1) is 0 Å². The Morgan fingerprint density at radius 2 is 1.44 bits per heavy atom. The summed E-state index contributed by atoms with van der Waals surface area (Å²) in [5.74, 6) is -1.23. The molecule has 0 fully saturated rings. The van der Waals surface area contributed by atoms with E-state index < -0.39 is 11.9 Å². The van der Waals surface area contributed by atoms with E-state index in [0.29, 0.717) is 22.3 Å². The summed E-state index contributed by atoms with van der Waals surface area (Å²) >= 11 is 0. The second-order valence-electron chi connectivity index (χ2n) is 8.20. The summed E-state index contributed by atoms with van der Waals surface area (Å²) in [6.07, 6.45) is 0.932. The first kappa shape index (κ1) is 19.9. The summed E-state index contributed by atoms with van der Waals surface area (Å²) in [4.78, 5) is 29.2. The van der Waals surface area contributed by atoms with Gasteiger partial charge in [-0.05, 0) is 65.6 Å². The number of nitrogens with zero attached hydrogens (tertiary/aromatic N) is 2. The zero-order chi connectivity index (χ0) is 22.4. The van der Waals surface area contributed by atoms with Crippen molar-refractivity contribution < 1.29 is 14.3 Å². The predicted molar refractivity (Wildman–Crippen MR) is 127 cm³/mol. The lowest BCUT2D eigenvalue weighted by atomic mass is 9.96. The maximum Gasteiger partial charge on any atom is 0.347 e. The van der Waals surface area contributed by atoms with Crippen LogP contribution in [0.5, 0.6) is 0 Å². The molecule has 0 saturated heterocycles. The fraction of sp³-hybridized carbons (Fsp3) is 0.154. The average Bonchev–Trinajstić information content (AvgIpc) is 3.33. The Kier molecular flexibility index (Phi) is 4.70. The van der Waals surface area contributed by atoms with Crippen LogP contribution in [0, 0.1) is 0 Å². The molecule has 6 heteroatoms. The lowest BCUT2D eigenvalue weighted by Gasteiger charge is -2.20. The maximum absolute atomic E-state index is 12.5. The highest BCUT2D eigenvalue weighted by Crippen LogP contribution is 2.38. The lowest BCUT2D eigenvalue weighted by molar-refractivity contribution is -0.149. The van der Waals surface area contributed by atoms with E-state index in [-0.39, 0.29) is 0 Å². The molecule has 0 spiro atoms. The third kappa shape index (κ3) is 3.30. The Morgan fingerprint density at radius 1 is 0.844 bits per heavy atom. The summed E-state index contributed by atoms with van der Waals surface area (Å²) in [6, 6.07) is 21.1. The number of hydrogen-bond acceptors (Lipinski definition) is 6. The van der Waals surface area contributed by atoms with Crippen molar-refractivity contribution in [2.45, 2.75) is 6.42 Å². The van der Waals surface area contributed by atoms with Gasteiger partial charge in [-0.1, -0.05) is 24.3 Å². The van der Waals surface area contributed by atoms with Crippen molar-refractivity contribution in [3.05, 3.63) is 83.4 Å². The standard InChI is InChI=1S/C26H23N3O3/c1-28(2)20-8-3-16(4-9-20)23-24(26(31)32-25(23)30)17-5-10-21(11-6-17)29-14-13-18-15-19(27)7-12-22(18)29/h3-12,15H,13-14,27H2,1-2H3. The van der Waals surface area contributed by atoms with Gasteiger partial charge in [-0.3, -0.25) is 0 Å². The molecule has 160 valence electrons. The van der Waals surface area contributed by atoms with E-state index >= 15 is 0 Å². The average molecular weight is 425 g/mol. The minimum atomic E-state index is -0.614. The van der Waals surface area contributed by atoms with Crippen LogP contribution in [0.4, 0.5) is 22.7 Å². The minimum Gasteiger partial charge on any atom is -0.399 e. The molecule has 2 heterocycles. The van der Waals surface area contributed by atoms with Crippen LogP contribution >= 0.6 is 0 Å². The molecule has 0 aliphatic carbocycles. The van der Waals surface area contributed by atoms with E-state index in [1.165, 1.54) is 5.56 Å². The molecule has 6 nitrogen and oxygen atoms in total. The number of fused-ring (bicyclic) bond motifs is 1. The van der Waals surface area contributed by atoms with Crippen LogP contribution in [-0.4, -0.2) is 32.6 Å². The molecule has 3 aromatic carbocycles. The number of ether oxygens (including phenoxy) is 1. The van der Waals surface area contributed by atoms with Gasteiger partial charge in [0.1, 0.15) is 0 Å². The summed E-state index contributed by atoms with van der Waals surface area (Å²) in [5.41, 5.74) is 13.0. The molecule has 32 heavy (non-hydrogen) atoms. The quantitative estimate of drug-likeness (QED) is 0.387. The number of esters is 2. The van der Waals surface area contributed by atoms with Crippen LogP contribution in [0.1, 0.15) is 16.7 Å². The molecule has 0 aromatic heterocycles. The zero-order valence-corrected chi connectivity index (χ0v) is 18.0. The molecular weight excluding hydrogens is 402 g/mol. The zero-order valence-electron chi connectivity index (χ0n) is 18.0. The van der Waals surface area contributed by atoms with Gasteiger partial charge in [-0.25, -0.2) is 9.59 Å².